The summed E-state index contributed by atoms with van der Waals surface area (Å²) in [5.74, 6) is -0.414. The zero-order valence-electron chi connectivity index (χ0n) is 8.52. The SMILES string of the molecule is O=C(OC1COCCO1)c1ccccc1Br. The molecule has 0 N–H and O–H groups in total. The predicted molar refractivity (Wildman–Crippen MR) is 60.1 cm³/mol. The van der Waals surface area contributed by atoms with Gasteiger partial charge in [-0.1, -0.05) is 12.1 Å². The van der Waals surface area contributed by atoms with Gasteiger partial charge >= 0.3 is 5.97 Å². The maximum Gasteiger partial charge on any atom is 0.341 e. The van der Waals surface area contributed by atoms with E-state index in [4.69, 9.17) is 14.2 Å². The van der Waals surface area contributed by atoms with Crippen molar-refractivity contribution in [3.8, 4) is 0 Å². The van der Waals surface area contributed by atoms with E-state index < -0.39 is 12.3 Å². The molecule has 1 heterocycles. The van der Waals surface area contributed by atoms with Gasteiger partial charge in [0.15, 0.2) is 0 Å². The number of halogens is 1. The molecule has 0 amide bonds. The number of benzene rings is 1. The highest BCUT2D eigenvalue weighted by atomic mass is 79.9. The van der Waals surface area contributed by atoms with E-state index in [9.17, 15) is 4.79 Å². The van der Waals surface area contributed by atoms with Crippen molar-refractivity contribution in [3.05, 3.63) is 34.3 Å². The molecule has 1 atom stereocenters. The van der Waals surface area contributed by atoms with Crippen LogP contribution in [0.3, 0.4) is 0 Å². The fourth-order valence-electron chi connectivity index (χ4n) is 1.34. The topological polar surface area (TPSA) is 44.8 Å². The third kappa shape index (κ3) is 2.81. The summed E-state index contributed by atoms with van der Waals surface area (Å²) in [5.41, 5.74) is 0.483. The second-order valence-corrected chi connectivity index (χ2v) is 4.11. The minimum atomic E-state index is -0.603. The van der Waals surface area contributed by atoms with Crippen molar-refractivity contribution in [2.45, 2.75) is 6.29 Å². The fraction of sp³-hybridized carbons (Fsp3) is 0.364. The van der Waals surface area contributed by atoms with Gasteiger partial charge in [0.05, 0.1) is 18.8 Å². The molecule has 5 heteroatoms. The molecular formula is C11H11BrO4. The third-order valence-electron chi connectivity index (χ3n) is 2.12. The van der Waals surface area contributed by atoms with Crippen LogP contribution >= 0.6 is 15.9 Å². The van der Waals surface area contributed by atoms with E-state index in [1.165, 1.54) is 0 Å². The van der Waals surface area contributed by atoms with E-state index in [1.54, 1.807) is 18.2 Å². The van der Waals surface area contributed by atoms with Gasteiger partial charge in [0.1, 0.15) is 6.61 Å². The molecule has 1 aliphatic heterocycles. The van der Waals surface area contributed by atoms with E-state index in [0.717, 1.165) is 0 Å². The molecule has 0 bridgehead atoms. The molecule has 0 saturated carbocycles. The molecule has 1 saturated heterocycles. The van der Waals surface area contributed by atoms with E-state index >= 15 is 0 Å². The highest BCUT2D eigenvalue weighted by molar-refractivity contribution is 9.10. The summed E-state index contributed by atoms with van der Waals surface area (Å²) in [6.45, 7) is 1.28. The number of carbonyl (C=O) groups is 1. The summed E-state index contributed by atoms with van der Waals surface area (Å²) in [6.07, 6.45) is -0.603. The summed E-state index contributed by atoms with van der Waals surface area (Å²) < 4.78 is 16.2. The molecule has 0 radical (unpaired) electrons. The van der Waals surface area contributed by atoms with E-state index in [0.29, 0.717) is 23.2 Å². The van der Waals surface area contributed by atoms with Crippen LogP contribution in [0.25, 0.3) is 0 Å². The van der Waals surface area contributed by atoms with Crippen LogP contribution in [0.5, 0.6) is 0 Å². The van der Waals surface area contributed by atoms with Crippen molar-refractivity contribution >= 4 is 21.9 Å². The van der Waals surface area contributed by atoms with Gasteiger partial charge in [-0.05, 0) is 28.1 Å². The minimum Gasteiger partial charge on any atom is -0.430 e. The van der Waals surface area contributed by atoms with Crippen molar-refractivity contribution in [3.63, 3.8) is 0 Å². The Hall–Kier alpha value is -0.910. The van der Waals surface area contributed by atoms with Crippen molar-refractivity contribution in [1.29, 1.82) is 0 Å². The Labute approximate surface area is 102 Å². The van der Waals surface area contributed by atoms with E-state index in [1.807, 2.05) is 6.07 Å². The Bertz CT molecular complexity index is 374. The molecule has 1 aromatic carbocycles. The zero-order valence-corrected chi connectivity index (χ0v) is 10.1. The lowest BCUT2D eigenvalue weighted by molar-refractivity contribution is -0.186. The van der Waals surface area contributed by atoms with Crippen LogP contribution in [0.4, 0.5) is 0 Å². The molecule has 1 aromatic rings. The molecule has 0 aliphatic carbocycles. The maximum absolute atomic E-state index is 11.7. The summed E-state index contributed by atoms with van der Waals surface area (Å²) in [7, 11) is 0. The standard InChI is InChI=1S/C11H11BrO4/c12-9-4-2-1-3-8(9)11(13)16-10-7-14-5-6-15-10/h1-4,10H,5-7H2. The molecular weight excluding hydrogens is 276 g/mol. The normalized spacial score (nSPS) is 20.4. The van der Waals surface area contributed by atoms with Crippen molar-refractivity contribution in [1.82, 2.24) is 0 Å². The first-order chi connectivity index (χ1) is 7.77. The highest BCUT2D eigenvalue weighted by Gasteiger charge is 2.20. The van der Waals surface area contributed by atoms with E-state index in [-0.39, 0.29) is 6.61 Å². The molecule has 16 heavy (non-hydrogen) atoms. The van der Waals surface area contributed by atoms with Gasteiger partial charge in [-0.2, -0.15) is 0 Å². The second kappa shape index (κ2) is 5.43. The van der Waals surface area contributed by atoms with Crippen LogP contribution in [0.2, 0.25) is 0 Å². The summed E-state index contributed by atoms with van der Waals surface area (Å²) >= 11 is 3.29. The number of carbonyl (C=O) groups excluding carboxylic acids is 1. The number of hydrogen-bond acceptors (Lipinski definition) is 4. The molecule has 4 nitrogen and oxygen atoms in total. The molecule has 1 unspecified atom stereocenters. The first-order valence-electron chi connectivity index (χ1n) is 4.92. The summed E-state index contributed by atoms with van der Waals surface area (Å²) in [4.78, 5) is 11.7. The number of rotatable bonds is 2. The molecule has 1 aliphatic rings. The Morgan fingerprint density at radius 1 is 1.38 bits per heavy atom. The number of esters is 1. The van der Waals surface area contributed by atoms with Crippen LogP contribution in [0.15, 0.2) is 28.7 Å². The van der Waals surface area contributed by atoms with Crippen LogP contribution in [-0.2, 0) is 14.2 Å². The number of ether oxygens (including phenoxy) is 3. The van der Waals surface area contributed by atoms with Crippen LogP contribution < -0.4 is 0 Å². The average molecular weight is 287 g/mol. The van der Waals surface area contributed by atoms with Crippen LogP contribution in [0, 0.1) is 0 Å². The van der Waals surface area contributed by atoms with Gasteiger partial charge in [-0.25, -0.2) is 4.79 Å². The van der Waals surface area contributed by atoms with Crippen molar-refractivity contribution in [2.24, 2.45) is 0 Å². The lowest BCUT2D eigenvalue weighted by Crippen LogP contribution is -2.32. The molecule has 2 rings (SSSR count). The van der Waals surface area contributed by atoms with Gasteiger partial charge in [0.2, 0.25) is 6.29 Å². The van der Waals surface area contributed by atoms with Crippen LogP contribution in [-0.4, -0.2) is 32.1 Å². The Morgan fingerprint density at radius 2 is 2.19 bits per heavy atom. The fourth-order valence-corrected chi connectivity index (χ4v) is 1.79. The van der Waals surface area contributed by atoms with Gasteiger partial charge in [0.25, 0.3) is 0 Å². The van der Waals surface area contributed by atoms with Gasteiger partial charge in [-0.15, -0.1) is 0 Å². The van der Waals surface area contributed by atoms with E-state index in [2.05, 4.69) is 15.9 Å². The molecule has 0 aromatic heterocycles. The van der Waals surface area contributed by atoms with Crippen molar-refractivity contribution in [2.75, 3.05) is 19.8 Å². The van der Waals surface area contributed by atoms with Crippen molar-refractivity contribution < 1.29 is 19.0 Å². The largest absolute Gasteiger partial charge is 0.430 e. The zero-order chi connectivity index (χ0) is 11.4. The Morgan fingerprint density at radius 3 is 2.88 bits per heavy atom. The Kier molecular flexibility index (Phi) is 3.93. The second-order valence-electron chi connectivity index (χ2n) is 3.26. The van der Waals surface area contributed by atoms with Gasteiger partial charge in [0, 0.05) is 4.47 Å². The average Bonchev–Trinajstić information content (AvgIpc) is 2.31. The monoisotopic (exact) mass is 286 g/mol. The highest BCUT2D eigenvalue weighted by Crippen LogP contribution is 2.18. The molecule has 1 fully saturated rings. The van der Waals surface area contributed by atoms with Gasteiger partial charge < -0.3 is 14.2 Å². The molecule has 86 valence electrons. The quantitative estimate of drug-likeness (QED) is 0.780. The minimum absolute atomic E-state index is 0.288. The lowest BCUT2D eigenvalue weighted by atomic mass is 10.2. The Balaban J connectivity index is 2.00. The third-order valence-corrected chi connectivity index (χ3v) is 2.81. The molecule has 0 spiro atoms. The first-order valence-corrected chi connectivity index (χ1v) is 5.71. The summed E-state index contributed by atoms with van der Waals surface area (Å²) in [6, 6.07) is 7.09. The summed E-state index contributed by atoms with van der Waals surface area (Å²) in [5, 5.41) is 0. The smallest absolute Gasteiger partial charge is 0.341 e. The predicted octanol–water partition coefficient (Wildman–Crippen LogP) is 1.98. The number of hydrogen-bond donors (Lipinski definition) is 0. The lowest BCUT2D eigenvalue weighted by Gasteiger charge is -2.22. The first kappa shape index (κ1) is 11.6. The maximum atomic E-state index is 11.7. The van der Waals surface area contributed by atoms with Crippen LogP contribution in [0.1, 0.15) is 10.4 Å². The van der Waals surface area contributed by atoms with Gasteiger partial charge in [-0.3, -0.25) is 0 Å².